The zero-order valence-electron chi connectivity index (χ0n) is 14.9. The van der Waals surface area contributed by atoms with E-state index >= 15 is 0 Å². The molecule has 2 aliphatic heterocycles. The maximum Gasteiger partial charge on any atom is 0.309 e. The SMILES string of the molecule is CC(C)(CCNC1CC2CCC(C1)N2Cc1ccccc1)C(=O)O. The van der Waals surface area contributed by atoms with Gasteiger partial charge in [0.2, 0.25) is 0 Å². The van der Waals surface area contributed by atoms with Gasteiger partial charge in [0.25, 0.3) is 0 Å². The molecule has 2 fully saturated rings. The van der Waals surface area contributed by atoms with Crippen molar-refractivity contribution in [1.29, 1.82) is 0 Å². The summed E-state index contributed by atoms with van der Waals surface area (Å²) in [4.78, 5) is 13.9. The number of benzene rings is 1. The molecule has 0 aromatic heterocycles. The summed E-state index contributed by atoms with van der Waals surface area (Å²) in [6.07, 6.45) is 5.67. The van der Waals surface area contributed by atoms with Gasteiger partial charge in [-0.25, -0.2) is 0 Å². The Morgan fingerprint density at radius 1 is 1.21 bits per heavy atom. The van der Waals surface area contributed by atoms with E-state index in [-0.39, 0.29) is 0 Å². The van der Waals surface area contributed by atoms with Crippen molar-refractivity contribution in [3.8, 4) is 0 Å². The van der Waals surface area contributed by atoms with Crippen LogP contribution < -0.4 is 5.32 Å². The summed E-state index contributed by atoms with van der Waals surface area (Å²) in [5.41, 5.74) is 0.768. The van der Waals surface area contributed by atoms with Gasteiger partial charge < -0.3 is 10.4 Å². The third-order valence-corrected chi connectivity index (χ3v) is 5.85. The number of rotatable bonds is 7. The Balaban J connectivity index is 1.49. The highest BCUT2D eigenvalue weighted by atomic mass is 16.4. The maximum atomic E-state index is 11.2. The predicted octanol–water partition coefficient (Wildman–Crippen LogP) is 3.27. The number of fused-ring (bicyclic) bond motifs is 2. The molecule has 2 N–H and O–H groups in total. The Bertz CT molecular complexity index is 544. The number of carbonyl (C=O) groups is 1. The first-order valence-electron chi connectivity index (χ1n) is 9.22. The fourth-order valence-electron chi connectivity index (χ4n) is 4.19. The summed E-state index contributed by atoms with van der Waals surface area (Å²) in [6, 6.07) is 12.6. The standard InChI is InChI=1S/C20H30N2O2/c1-20(2,19(23)24)10-11-21-16-12-17-8-9-18(13-16)22(17)14-15-6-4-3-5-7-15/h3-7,16-18,21H,8-14H2,1-2H3,(H,23,24). The number of nitrogens with zero attached hydrogens (tertiary/aromatic N) is 1. The first kappa shape index (κ1) is 17.4. The lowest BCUT2D eigenvalue weighted by atomic mass is 9.89. The van der Waals surface area contributed by atoms with Crippen LogP contribution in [0.5, 0.6) is 0 Å². The van der Waals surface area contributed by atoms with Crippen LogP contribution in [-0.4, -0.2) is 40.6 Å². The Morgan fingerprint density at radius 2 is 1.83 bits per heavy atom. The smallest absolute Gasteiger partial charge is 0.309 e. The molecule has 4 heteroatoms. The van der Waals surface area contributed by atoms with Gasteiger partial charge in [-0.1, -0.05) is 30.3 Å². The van der Waals surface area contributed by atoms with Crippen LogP contribution in [0.4, 0.5) is 0 Å². The highest BCUT2D eigenvalue weighted by molar-refractivity contribution is 5.73. The highest BCUT2D eigenvalue weighted by Gasteiger charge is 2.40. The number of piperidine rings is 1. The summed E-state index contributed by atoms with van der Waals surface area (Å²) in [5, 5.41) is 12.8. The van der Waals surface area contributed by atoms with E-state index in [9.17, 15) is 9.90 Å². The van der Waals surface area contributed by atoms with Gasteiger partial charge in [-0.05, 0) is 58.1 Å². The van der Waals surface area contributed by atoms with Crippen molar-refractivity contribution >= 4 is 5.97 Å². The molecule has 0 amide bonds. The van der Waals surface area contributed by atoms with E-state index in [0.717, 1.165) is 13.1 Å². The number of aliphatic carboxylic acids is 1. The topological polar surface area (TPSA) is 52.6 Å². The van der Waals surface area contributed by atoms with E-state index in [1.165, 1.54) is 31.2 Å². The van der Waals surface area contributed by atoms with Crippen LogP contribution in [0.2, 0.25) is 0 Å². The quantitative estimate of drug-likeness (QED) is 0.806. The first-order valence-corrected chi connectivity index (χ1v) is 9.22. The summed E-state index contributed by atoms with van der Waals surface area (Å²) >= 11 is 0. The van der Waals surface area contributed by atoms with Crippen molar-refractivity contribution in [3.05, 3.63) is 35.9 Å². The third kappa shape index (κ3) is 3.98. The Labute approximate surface area is 145 Å². The largest absolute Gasteiger partial charge is 0.481 e. The van der Waals surface area contributed by atoms with Crippen molar-refractivity contribution in [1.82, 2.24) is 10.2 Å². The molecule has 0 radical (unpaired) electrons. The van der Waals surface area contributed by atoms with E-state index in [4.69, 9.17) is 0 Å². The van der Waals surface area contributed by atoms with Crippen LogP contribution >= 0.6 is 0 Å². The van der Waals surface area contributed by atoms with E-state index in [1.54, 1.807) is 0 Å². The summed E-state index contributed by atoms with van der Waals surface area (Å²) < 4.78 is 0. The lowest BCUT2D eigenvalue weighted by Gasteiger charge is -2.39. The van der Waals surface area contributed by atoms with Crippen LogP contribution in [0, 0.1) is 5.41 Å². The highest BCUT2D eigenvalue weighted by Crippen LogP contribution is 2.37. The molecule has 1 aromatic rings. The molecular formula is C20H30N2O2. The number of nitrogens with one attached hydrogen (secondary N) is 1. The molecule has 2 unspecified atom stereocenters. The molecule has 2 aliphatic rings. The normalized spacial score (nSPS) is 27.3. The Hall–Kier alpha value is -1.39. The molecule has 2 saturated heterocycles. The summed E-state index contributed by atoms with van der Waals surface area (Å²) in [6.45, 7) is 5.48. The van der Waals surface area contributed by atoms with Crippen LogP contribution in [0.1, 0.15) is 51.5 Å². The molecule has 0 aliphatic carbocycles. The van der Waals surface area contributed by atoms with Gasteiger partial charge >= 0.3 is 5.97 Å². The molecular weight excluding hydrogens is 300 g/mol. The van der Waals surface area contributed by atoms with Gasteiger partial charge in [0.1, 0.15) is 0 Å². The van der Waals surface area contributed by atoms with Gasteiger partial charge in [-0.3, -0.25) is 9.69 Å². The number of carboxylic acid groups (broad SMARTS) is 1. The fourth-order valence-corrected chi connectivity index (χ4v) is 4.19. The fraction of sp³-hybridized carbons (Fsp3) is 0.650. The van der Waals surface area contributed by atoms with Gasteiger partial charge in [0.15, 0.2) is 0 Å². The molecule has 0 saturated carbocycles. The second-order valence-electron chi connectivity index (χ2n) is 8.10. The minimum absolute atomic E-state index is 0.541. The maximum absolute atomic E-state index is 11.2. The first-order chi connectivity index (χ1) is 11.5. The van der Waals surface area contributed by atoms with Crippen LogP contribution in [0.15, 0.2) is 30.3 Å². The predicted molar refractivity (Wildman–Crippen MR) is 95.9 cm³/mol. The monoisotopic (exact) mass is 330 g/mol. The average molecular weight is 330 g/mol. The molecule has 2 atom stereocenters. The lowest BCUT2D eigenvalue weighted by molar-refractivity contribution is -0.147. The van der Waals surface area contributed by atoms with Gasteiger partial charge in [-0.15, -0.1) is 0 Å². The van der Waals surface area contributed by atoms with Crippen molar-refractivity contribution < 1.29 is 9.90 Å². The zero-order valence-corrected chi connectivity index (χ0v) is 14.9. The third-order valence-electron chi connectivity index (χ3n) is 5.85. The molecule has 0 spiro atoms. The Kier molecular flexibility index (Phi) is 5.26. The summed E-state index contributed by atoms with van der Waals surface area (Å²) in [7, 11) is 0. The van der Waals surface area contributed by atoms with Crippen molar-refractivity contribution in [2.45, 2.75) is 70.6 Å². The summed E-state index contributed by atoms with van der Waals surface area (Å²) in [5.74, 6) is -0.706. The van der Waals surface area contributed by atoms with E-state index in [2.05, 4.69) is 40.5 Å². The van der Waals surface area contributed by atoms with Gasteiger partial charge in [0.05, 0.1) is 5.41 Å². The minimum Gasteiger partial charge on any atom is -0.481 e. The molecule has 3 rings (SSSR count). The van der Waals surface area contributed by atoms with E-state index < -0.39 is 11.4 Å². The molecule has 2 heterocycles. The van der Waals surface area contributed by atoms with Crippen molar-refractivity contribution in [2.24, 2.45) is 5.41 Å². The zero-order chi connectivity index (χ0) is 17.2. The van der Waals surface area contributed by atoms with E-state index in [0.29, 0.717) is 24.5 Å². The Morgan fingerprint density at radius 3 is 2.42 bits per heavy atom. The van der Waals surface area contributed by atoms with Crippen molar-refractivity contribution in [2.75, 3.05) is 6.54 Å². The number of hydrogen-bond donors (Lipinski definition) is 2. The average Bonchev–Trinajstić information content (AvgIpc) is 2.78. The molecule has 24 heavy (non-hydrogen) atoms. The molecule has 4 nitrogen and oxygen atoms in total. The van der Waals surface area contributed by atoms with Crippen molar-refractivity contribution in [3.63, 3.8) is 0 Å². The van der Waals surface area contributed by atoms with Crippen LogP contribution in [0.3, 0.4) is 0 Å². The molecule has 132 valence electrons. The van der Waals surface area contributed by atoms with E-state index in [1.807, 2.05) is 13.8 Å². The van der Waals surface area contributed by atoms with Gasteiger partial charge in [-0.2, -0.15) is 0 Å². The number of carboxylic acids is 1. The minimum atomic E-state index is -0.706. The second kappa shape index (κ2) is 7.24. The van der Waals surface area contributed by atoms with Crippen LogP contribution in [0.25, 0.3) is 0 Å². The second-order valence-corrected chi connectivity index (χ2v) is 8.10. The lowest BCUT2D eigenvalue weighted by Crippen LogP contribution is -2.49. The molecule has 2 bridgehead atoms. The van der Waals surface area contributed by atoms with Gasteiger partial charge in [0, 0.05) is 24.7 Å². The molecule has 1 aromatic carbocycles. The van der Waals surface area contributed by atoms with Crippen LogP contribution in [-0.2, 0) is 11.3 Å². The number of hydrogen-bond acceptors (Lipinski definition) is 3.